The maximum absolute atomic E-state index is 3.76. The van der Waals surface area contributed by atoms with Gasteiger partial charge >= 0.3 is 0 Å². The molecule has 1 nitrogen and oxygen atoms in total. The molecule has 0 bridgehead atoms. The fourth-order valence-corrected chi connectivity index (χ4v) is 1.39. The normalized spacial score (nSPS) is 28.1. The van der Waals surface area contributed by atoms with E-state index < -0.39 is 0 Å². The van der Waals surface area contributed by atoms with Crippen molar-refractivity contribution in [3.8, 4) is 0 Å². The van der Waals surface area contributed by atoms with Crippen LogP contribution in [0, 0.1) is 0 Å². The second-order valence-electron chi connectivity index (χ2n) is 2.77. The third-order valence-electron chi connectivity index (χ3n) is 2.09. The van der Waals surface area contributed by atoms with Crippen molar-refractivity contribution in [3.05, 3.63) is 12.8 Å². The van der Waals surface area contributed by atoms with Crippen LogP contribution in [0.1, 0.15) is 26.2 Å². The number of rotatable bonds is 1. The van der Waals surface area contributed by atoms with Gasteiger partial charge in [-0.1, -0.05) is 6.58 Å². The van der Waals surface area contributed by atoms with Crippen molar-refractivity contribution in [2.24, 2.45) is 0 Å². The van der Waals surface area contributed by atoms with Crippen molar-refractivity contribution < 1.29 is 0 Å². The molecular formula is C8H15N. The zero-order chi connectivity index (χ0) is 6.69. The number of piperidine rings is 1. The highest BCUT2D eigenvalue weighted by Gasteiger charge is 2.12. The lowest BCUT2D eigenvalue weighted by Crippen LogP contribution is -2.32. The molecule has 1 atom stereocenters. The third-order valence-corrected chi connectivity index (χ3v) is 2.09. The Morgan fingerprint density at radius 2 is 2.33 bits per heavy atom. The fourth-order valence-electron chi connectivity index (χ4n) is 1.39. The minimum absolute atomic E-state index is 0.733. The summed E-state index contributed by atoms with van der Waals surface area (Å²) in [6.07, 6.45) is 6.04. The Hall–Kier alpha value is -0.460. The van der Waals surface area contributed by atoms with E-state index in [2.05, 4.69) is 18.4 Å². The SMILES string of the molecule is C=CN1CCCCC1C. The first kappa shape index (κ1) is 6.66. The molecule has 0 aromatic carbocycles. The van der Waals surface area contributed by atoms with Crippen molar-refractivity contribution >= 4 is 0 Å². The molecule has 1 aliphatic heterocycles. The summed E-state index contributed by atoms with van der Waals surface area (Å²) in [5, 5.41) is 0. The van der Waals surface area contributed by atoms with Gasteiger partial charge < -0.3 is 4.90 Å². The largest absolute Gasteiger partial charge is 0.375 e. The van der Waals surface area contributed by atoms with Gasteiger partial charge in [-0.15, -0.1) is 0 Å². The molecule has 0 aromatic heterocycles. The maximum Gasteiger partial charge on any atom is 0.0255 e. The van der Waals surface area contributed by atoms with Crippen molar-refractivity contribution in [2.45, 2.75) is 32.2 Å². The Balaban J connectivity index is 2.38. The second kappa shape index (κ2) is 2.90. The molecule has 1 aliphatic rings. The molecule has 1 saturated heterocycles. The van der Waals surface area contributed by atoms with Gasteiger partial charge in [0.25, 0.3) is 0 Å². The lowest BCUT2D eigenvalue weighted by molar-refractivity contribution is 0.229. The first-order valence-corrected chi connectivity index (χ1v) is 3.73. The summed E-state index contributed by atoms with van der Waals surface area (Å²) in [7, 11) is 0. The smallest absolute Gasteiger partial charge is 0.0255 e. The van der Waals surface area contributed by atoms with E-state index in [1.54, 1.807) is 0 Å². The molecule has 0 radical (unpaired) electrons. The Labute approximate surface area is 57.4 Å². The van der Waals surface area contributed by atoms with Crippen LogP contribution in [0.5, 0.6) is 0 Å². The molecule has 0 saturated carbocycles. The van der Waals surface area contributed by atoms with Crippen molar-refractivity contribution in [2.75, 3.05) is 6.54 Å². The van der Waals surface area contributed by atoms with E-state index in [1.807, 2.05) is 6.20 Å². The van der Waals surface area contributed by atoms with Gasteiger partial charge in [0.1, 0.15) is 0 Å². The lowest BCUT2D eigenvalue weighted by Gasteiger charge is -2.31. The van der Waals surface area contributed by atoms with Crippen LogP contribution in [0.15, 0.2) is 12.8 Å². The molecule has 52 valence electrons. The molecule has 0 aliphatic carbocycles. The summed E-state index contributed by atoms with van der Waals surface area (Å²) >= 11 is 0. The van der Waals surface area contributed by atoms with Crippen LogP contribution < -0.4 is 0 Å². The van der Waals surface area contributed by atoms with Crippen LogP contribution in [-0.4, -0.2) is 17.5 Å². The topological polar surface area (TPSA) is 3.24 Å². The van der Waals surface area contributed by atoms with Gasteiger partial charge in [-0.05, 0) is 32.4 Å². The molecule has 0 spiro atoms. The summed E-state index contributed by atoms with van der Waals surface area (Å²) in [4.78, 5) is 2.32. The molecule has 1 unspecified atom stereocenters. The van der Waals surface area contributed by atoms with Gasteiger partial charge in [0.2, 0.25) is 0 Å². The van der Waals surface area contributed by atoms with Crippen LogP contribution in [0.4, 0.5) is 0 Å². The van der Waals surface area contributed by atoms with Gasteiger partial charge in [-0.2, -0.15) is 0 Å². The quantitative estimate of drug-likeness (QED) is 0.518. The molecule has 0 N–H and O–H groups in total. The lowest BCUT2D eigenvalue weighted by atomic mass is 10.0. The average molecular weight is 125 g/mol. The Morgan fingerprint density at radius 3 is 2.78 bits per heavy atom. The number of hydrogen-bond acceptors (Lipinski definition) is 1. The monoisotopic (exact) mass is 125 g/mol. The van der Waals surface area contributed by atoms with E-state index in [9.17, 15) is 0 Å². The molecule has 0 amide bonds. The minimum atomic E-state index is 0.733. The van der Waals surface area contributed by atoms with Gasteiger partial charge in [-0.3, -0.25) is 0 Å². The molecule has 0 aromatic rings. The van der Waals surface area contributed by atoms with Crippen molar-refractivity contribution in [1.29, 1.82) is 0 Å². The highest BCUT2D eigenvalue weighted by atomic mass is 15.1. The van der Waals surface area contributed by atoms with E-state index >= 15 is 0 Å². The molecule has 1 heterocycles. The summed E-state index contributed by atoms with van der Waals surface area (Å²) in [6, 6.07) is 0.733. The Morgan fingerprint density at radius 1 is 1.56 bits per heavy atom. The van der Waals surface area contributed by atoms with E-state index in [1.165, 1.54) is 25.8 Å². The average Bonchev–Trinajstić information content (AvgIpc) is 1.89. The van der Waals surface area contributed by atoms with Gasteiger partial charge in [-0.25, -0.2) is 0 Å². The van der Waals surface area contributed by atoms with Crippen LogP contribution in [0.3, 0.4) is 0 Å². The number of nitrogens with zero attached hydrogens (tertiary/aromatic N) is 1. The highest BCUT2D eigenvalue weighted by Crippen LogP contribution is 2.15. The second-order valence-corrected chi connectivity index (χ2v) is 2.77. The van der Waals surface area contributed by atoms with Crippen molar-refractivity contribution in [3.63, 3.8) is 0 Å². The summed E-state index contributed by atoms with van der Waals surface area (Å²) in [6.45, 7) is 7.24. The van der Waals surface area contributed by atoms with E-state index in [0.717, 1.165) is 6.04 Å². The van der Waals surface area contributed by atoms with Crippen molar-refractivity contribution in [1.82, 2.24) is 4.90 Å². The number of likely N-dealkylation sites (tertiary alicyclic amines) is 1. The first-order chi connectivity index (χ1) is 4.34. The van der Waals surface area contributed by atoms with E-state index in [-0.39, 0.29) is 0 Å². The van der Waals surface area contributed by atoms with Gasteiger partial charge in [0.05, 0.1) is 0 Å². The predicted molar refractivity (Wildman–Crippen MR) is 40.2 cm³/mol. The summed E-state index contributed by atoms with van der Waals surface area (Å²) in [5.41, 5.74) is 0. The highest BCUT2D eigenvalue weighted by molar-refractivity contribution is 4.80. The molecule has 1 rings (SSSR count). The standard InChI is InChI=1S/C8H15N/c1-3-9-7-5-4-6-8(9)2/h3,8H,1,4-7H2,2H3. The van der Waals surface area contributed by atoms with Crippen LogP contribution in [-0.2, 0) is 0 Å². The third kappa shape index (κ3) is 1.47. The van der Waals surface area contributed by atoms with Gasteiger partial charge in [0, 0.05) is 12.6 Å². The van der Waals surface area contributed by atoms with E-state index in [4.69, 9.17) is 0 Å². The summed E-state index contributed by atoms with van der Waals surface area (Å²) in [5.74, 6) is 0. The molecular weight excluding hydrogens is 110 g/mol. The van der Waals surface area contributed by atoms with Crippen LogP contribution >= 0.6 is 0 Å². The Bertz CT molecular complexity index is 98.7. The minimum Gasteiger partial charge on any atom is -0.375 e. The predicted octanol–water partition coefficient (Wildman–Crippen LogP) is 2.00. The van der Waals surface area contributed by atoms with Crippen LogP contribution in [0.2, 0.25) is 0 Å². The number of hydrogen-bond donors (Lipinski definition) is 0. The maximum atomic E-state index is 3.76. The van der Waals surface area contributed by atoms with E-state index in [0.29, 0.717) is 0 Å². The fraction of sp³-hybridized carbons (Fsp3) is 0.750. The molecule has 1 fully saturated rings. The summed E-state index contributed by atoms with van der Waals surface area (Å²) < 4.78 is 0. The Kier molecular flexibility index (Phi) is 2.15. The van der Waals surface area contributed by atoms with Crippen LogP contribution in [0.25, 0.3) is 0 Å². The van der Waals surface area contributed by atoms with Gasteiger partial charge in [0.15, 0.2) is 0 Å². The first-order valence-electron chi connectivity index (χ1n) is 3.73. The zero-order valence-electron chi connectivity index (χ0n) is 6.14. The molecule has 9 heavy (non-hydrogen) atoms. The molecule has 1 heteroatoms. The zero-order valence-corrected chi connectivity index (χ0v) is 6.14.